The first-order valence-electron chi connectivity index (χ1n) is 9.95. The molecule has 4 rings (SSSR count). The maximum atomic E-state index is 12.7. The molecule has 0 N–H and O–H groups in total. The van der Waals surface area contributed by atoms with Gasteiger partial charge in [-0.15, -0.1) is 0 Å². The molecule has 0 bridgehead atoms. The van der Waals surface area contributed by atoms with Crippen molar-refractivity contribution in [2.45, 2.75) is 45.6 Å². The van der Waals surface area contributed by atoms with Gasteiger partial charge < -0.3 is 4.42 Å². The molecule has 0 aliphatic carbocycles. The molecule has 1 aliphatic heterocycles. The van der Waals surface area contributed by atoms with E-state index in [1.54, 1.807) is 4.31 Å². The molecular weight excluding hydrogens is 372 g/mol. The highest BCUT2D eigenvalue weighted by atomic mass is 32.2. The first kappa shape index (κ1) is 19.2. The van der Waals surface area contributed by atoms with Crippen molar-refractivity contribution in [1.82, 2.24) is 9.29 Å². The highest BCUT2D eigenvalue weighted by Crippen LogP contribution is 2.36. The number of sulfonamides is 1. The van der Waals surface area contributed by atoms with Crippen molar-refractivity contribution in [3.63, 3.8) is 0 Å². The Balaban J connectivity index is 1.67. The Hall–Kier alpha value is -2.18. The van der Waals surface area contributed by atoms with Crippen LogP contribution in [0.2, 0.25) is 0 Å². The van der Waals surface area contributed by atoms with Crippen LogP contribution in [0.4, 0.5) is 0 Å². The van der Waals surface area contributed by atoms with Gasteiger partial charge in [0.2, 0.25) is 15.9 Å². The number of oxazole rings is 1. The molecule has 1 aromatic heterocycles. The Kier molecular flexibility index (Phi) is 5.25. The fourth-order valence-corrected chi connectivity index (χ4v) is 5.79. The largest absolute Gasteiger partial charge is 0.439 e. The summed E-state index contributed by atoms with van der Waals surface area (Å²) < 4.78 is 33.0. The Bertz CT molecular complexity index is 1090. The Morgan fingerprint density at radius 1 is 1.21 bits per heavy atom. The van der Waals surface area contributed by atoms with Gasteiger partial charge in [0, 0.05) is 6.54 Å². The van der Waals surface area contributed by atoms with Gasteiger partial charge in [0.05, 0.1) is 5.75 Å². The Labute approximate surface area is 166 Å². The summed E-state index contributed by atoms with van der Waals surface area (Å²) in [6, 6.07) is 13.9. The molecule has 1 atom stereocenters. The third-order valence-corrected chi connectivity index (χ3v) is 7.42. The molecule has 0 unspecified atom stereocenters. The fraction of sp³-hybridized carbons (Fsp3) is 0.409. The van der Waals surface area contributed by atoms with Crippen molar-refractivity contribution >= 4 is 21.1 Å². The number of nitrogens with zero attached hydrogens (tertiary/aromatic N) is 2. The molecule has 148 valence electrons. The summed E-state index contributed by atoms with van der Waals surface area (Å²) in [5.74, 6) is 0.701. The summed E-state index contributed by atoms with van der Waals surface area (Å²) in [4.78, 5) is 4.68. The van der Waals surface area contributed by atoms with E-state index in [9.17, 15) is 8.42 Å². The normalized spacial score (nSPS) is 18.1. The predicted octanol–water partition coefficient (Wildman–Crippen LogP) is 5.07. The van der Waals surface area contributed by atoms with Gasteiger partial charge in [0.1, 0.15) is 11.6 Å². The fourth-order valence-electron chi connectivity index (χ4n) is 3.92. The minimum absolute atomic E-state index is 0.192. The summed E-state index contributed by atoms with van der Waals surface area (Å²) >= 11 is 0. The van der Waals surface area contributed by atoms with Gasteiger partial charge in [-0.05, 0) is 55.0 Å². The van der Waals surface area contributed by atoms with E-state index in [-0.39, 0.29) is 11.8 Å². The van der Waals surface area contributed by atoms with Gasteiger partial charge >= 0.3 is 0 Å². The van der Waals surface area contributed by atoms with Crippen LogP contribution in [0.5, 0.6) is 0 Å². The zero-order valence-electron chi connectivity index (χ0n) is 16.4. The lowest BCUT2D eigenvalue weighted by Crippen LogP contribution is -2.32. The van der Waals surface area contributed by atoms with E-state index in [4.69, 9.17) is 4.42 Å². The zero-order valence-corrected chi connectivity index (χ0v) is 17.2. The maximum absolute atomic E-state index is 12.7. The lowest BCUT2D eigenvalue weighted by molar-refractivity contribution is 0.337. The number of benzene rings is 2. The molecule has 1 fully saturated rings. The van der Waals surface area contributed by atoms with E-state index in [2.05, 4.69) is 24.0 Å². The van der Waals surface area contributed by atoms with Crippen molar-refractivity contribution in [2.24, 2.45) is 0 Å². The standard InChI is InChI=1S/C22H26N2O3S/c1-3-4-14-28(25,26)24-13-7-10-20(24)22-23-19-15-17(11-12-21(19)27-22)18-9-6-5-8-16(18)2/h5-6,8-9,11-12,15,20H,3-4,7,10,13-14H2,1-2H3/t20-/m0/s1. The number of rotatable bonds is 6. The van der Waals surface area contributed by atoms with E-state index in [0.717, 1.165) is 30.3 Å². The van der Waals surface area contributed by atoms with Crippen molar-refractivity contribution in [1.29, 1.82) is 0 Å². The minimum atomic E-state index is -3.28. The van der Waals surface area contributed by atoms with Gasteiger partial charge in [0.15, 0.2) is 5.58 Å². The number of aryl methyl sites for hydroxylation is 1. The summed E-state index contributed by atoms with van der Waals surface area (Å²) in [7, 11) is -3.28. The van der Waals surface area contributed by atoms with Crippen LogP contribution >= 0.6 is 0 Å². The number of hydrogen-bond acceptors (Lipinski definition) is 4. The molecule has 28 heavy (non-hydrogen) atoms. The summed E-state index contributed by atoms with van der Waals surface area (Å²) in [5.41, 5.74) is 4.93. The lowest BCUT2D eigenvalue weighted by Gasteiger charge is -2.21. The molecule has 0 radical (unpaired) electrons. The van der Waals surface area contributed by atoms with Crippen LogP contribution in [0.3, 0.4) is 0 Å². The van der Waals surface area contributed by atoms with Crippen LogP contribution in [0.1, 0.15) is 50.1 Å². The van der Waals surface area contributed by atoms with Crippen molar-refractivity contribution < 1.29 is 12.8 Å². The molecule has 6 heteroatoms. The molecule has 0 spiro atoms. The average molecular weight is 399 g/mol. The summed E-state index contributed by atoms with van der Waals surface area (Å²) in [6.07, 6.45) is 3.13. The minimum Gasteiger partial charge on any atom is -0.439 e. The van der Waals surface area contributed by atoms with Gasteiger partial charge in [-0.1, -0.05) is 43.7 Å². The van der Waals surface area contributed by atoms with Crippen molar-refractivity contribution in [3.05, 3.63) is 53.9 Å². The van der Waals surface area contributed by atoms with Crippen LogP contribution in [-0.4, -0.2) is 30.0 Å². The van der Waals surface area contributed by atoms with Gasteiger partial charge in [-0.25, -0.2) is 13.4 Å². The van der Waals surface area contributed by atoms with Crippen LogP contribution in [0, 0.1) is 6.92 Å². The van der Waals surface area contributed by atoms with E-state index in [0.29, 0.717) is 24.4 Å². The maximum Gasteiger partial charge on any atom is 0.214 e. The molecule has 0 amide bonds. The summed E-state index contributed by atoms with van der Waals surface area (Å²) in [6.45, 7) is 4.64. The highest BCUT2D eigenvalue weighted by Gasteiger charge is 2.37. The second kappa shape index (κ2) is 7.68. The summed E-state index contributed by atoms with van der Waals surface area (Å²) in [5, 5.41) is 0. The van der Waals surface area contributed by atoms with Crippen LogP contribution < -0.4 is 0 Å². The molecule has 1 saturated heterocycles. The van der Waals surface area contributed by atoms with Gasteiger partial charge in [-0.2, -0.15) is 4.31 Å². The first-order chi connectivity index (χ1) is 13.5. The Morgan fingerprint density at radius 3 is 2.82 bits per heavy atom. The van der Waals surface area contributed by atoms with E-state index < -0.39 is 10.0 Å². The SMILES string of the molecule is CCCCS(=O)(=O)N1CCC[C@H]1c1nc2cc(-c3ccccc3C)ccc2o1. The second-order valence-corrected chi connectivity index (χ2v) is 9.53. The van der Waals surface area contributed by atoms with Crippen LogP contribution in [-0.2, 0) is 10.0 Å². The quantitative estimate of drug-likeness (QED) is 0.581. The monoisotopic (exact) mass is 398 g/mol. The van der Waals surface area contributed by atoms with Crippen molar-refractivity contribution in [3.8, 4) is 11.1 Å². The van der Waals surface area contributed by atoms with E-state index in [1.807, 2.05) is 37.3 Å². The molecule has 2 aromatic carbocycles. The second-order valence-electron chi connectivity index (χ2n) is 7.49. The number of unbranched alkanes of at least 4 members (excludes halogenated alkanes) is 1. The molecule has 5 nitrogen and oxygen atoms in total. The van der Waals surface area contributed by atoms with Gasteiger partial charge in [-0.3, -0.25) is 0 Å². The smallest absolute Gasteiger partial charge is 0.214 e. The molecule has 3 aromatic rings. The van der Waals surface area contributed by atoms with Crippen molar-refractivity contribution in [2.75, 3.05) is 12.3 Å². The third kappa shape index (κ3) is 3.59. The highest BCUT2D eigenvalue weighted by molar-refractivity contribution is 7.89. The van der Waals surface area contributed by atoms with Gasteiger partial charge in [0.25, 0.3) is 0 Å². The first-order valence-corrected chi connectivity index (χ1v) is 11.6. The van der Waals surface area contributed by atoms with E-state index in [1.165, 1.54) is 11.1 Å². The Morgan fingerprint density at radius 2 is 2.04 bits per heavy atom. The predicted molar refractivity (Wildman–Crippen MR) is 112 cm³/mol. The number of aromatic nitrogens is 1. The number of fused-ring (bicyclic) bond motifs is 1. The third-order valence-electron chi connectivity index (χ3n) is 5.46. The molecule has 0 saturated carbocycles. The lowest BCUT2D eigenvalue weighted by atomic mass is 10.0. The average Bonchev–Trinajstić information content (AvgIpc) is 3.33. The molecule has 2 heterocycles. The van der Waals surface area contributed by atoms with Crippen LogP contribution in [0.15, 0.2) is 46.9 Å². The molecular formula is C22H26N2O3S. The zero-order chi connectivity index (χ0) is 19.7. The topological polar surface area (TPSA) is 63.4 Å². The molecule has 1 aliphatic rings. The number of hydrogen-bond donors (Lipinski definition) is 0. The van der Waals surface area contributed by atoms with E-state index >= 15 is 0 Å². The van der Waals surface area contributed by atoms with Crippen LogP contribution in [0.25, 0.3) is 22.2 Å².